The number of esters is 1. The number of rotatable bonds is 5. The Kier molecular flexibility index (Phi) is 4.65. The fraction of sp³-hybridized carbons (Fsp3) is 0.167. The summed E-state index contributed by atoms with van der Waals surface area (Å²) in [6.07, 6.45) is 0. The van der Waals surface area contributed by atoms with Crippen LogP contribution in [-0.4, -0.2) is 17.6 Å². The van der Waals surface area contributed by atoms with Gasteiger partial charge in [0.15, 0.2) is 0 Å². The van der Waals surface area contributed by atoms with Crippen molar-refractivity contribution in [3.63, 3.8) is 0 Å². The molecule has 0 amide bonds. The van der Waals surface area contributed by atoms with Crippen molar-refractivity contribution >= 4 is 16.9 Å². The first-order valence-corrected chi connectivity index (χ1v) is 7.54. The number of hydrogen-bond donors (Lipinski definition) is 1. The van der Waals surface area contributed by atoms with Gasteiger partial charge in [-0.05, 0) is 31.2 Å². The molecule has 130 valence electrons. The van der Waals surface area contributed by atoms with E-state index in [2.05, 4.69) is 4.98 Å². The van der Waals surface area contributed by atoms with Gasteiger partial charge in [-0.25, -0.2) is 18.0 Å². The highest BCUT2D eigenvalue weighted by Gasteiger charge is 2.15. The summed E-state index contributed by atoms with van der Waals surface area (Å²) in [6, 6.07) is 6.90. The second kappa shape index (κ2) is 6.88. The zero-order chi connectivity index (χ0) is 18.0. The summed E-state index contributed by atoms with van der Waals surface area (Å²) in [4.78, 5) is 14.6. The predicted molar refractivity (Wildman–Crippen MR) is 84.9 cm³/mol. The fourth-order valence-electron chi connectivity index (χ4n) is 2.40. The van der Waals surface area contributed by atoms with E-state index in [1.54, 1.807) is 6.92 Å². The zero-order valence-electron chi connectivity index (χ0n) is 13.2. The number of carbonyl (C=O) groups is 1. The number of ether oxygens (including phenoxy) is 2. The molecule has 0 aliphatic carbocycles. The van der Waals surface area contributed by atoms with E-state index in [0.717, 1.165) is 18.2 Å². The molecule has 0 aliphatic heterocycles. The molecule has 0 aliphatic rings. The number of carbonyl (C=O) groups excluding carboxylic acids is 1. The molecule has 0 saturated heterocycles. The Morgan fingerprint density at radius 3 is 2.60 bits per heavy atom. The third kappa shape index (κ3) is 3.60. The van der Waals surface area contributed by atoms with Crippen molar-refractivity contribution in [2.75, 3.05) is 6.61 Å². The van der Waals surface area contributed by atoms with Gasteiger partial charge >= 0.3 is 5.97 Å². The van der Waals surface area contributed by atoms with Crippen LogP contribution in [0.25, 0.3) is 10.9 Å². The molecule has 0 spiro atoms. The van der Waals surface area contributed by atoms with E-state index in [0.29, 0.717) is 10.9 Å². The van der Waals surface area contributed by atoms with Crippen LogP contribution < -0.4 is 4.74 Å². The van der Waals surface area contributed by atoms with Crippen LogP contribution >= 0.6 is 0 Å². The van der Waals surface area contributed by atoms with Gasteiger partial charge in [-0.1, -0.05) is 0 Å². The first kappa shape index (κ1) is 16.9. The van der Waals surface area contributed by atoms with E-state index in [9.17, 15) is 18.0 Å². The van der Waals surface area contributed by atoms with Gasteiger partial charge in [0.05, 0.1) is 12.1 Å². The predicted octanol–water partition coefficient (Wildman–Crippen LogP) is 4.34. The van der Waals surface area contributed by atoms with Crippen molar-refractivity contribution in [3.8, 4) is 5.75 Å². The lowest BCUT2D eigenvalue weighted by molar-refractivity contribution is 0.0520. The summed E-state index contributed by atoms with van der Waals surface area (Å²) >= 11 is 0. The van der Waals surface area contributed by atoms with E-state index < -0.39 is 23.4 Å². The minimum absolute atomic E-state index is 0.106. The molecule has 0 atom stereocenters. The quantitative estimate of drug-likeness (QED) is 0.697. The van der Waals surface area contributed by atoms with Crippen molar-refractivity contribution in [1.82, 2.24) is 4.98 Å². The molecule has 1 heterocycles. The maximum atomic E-state index is 13.8. The van der Waals surface area contributed by atoms with Crippen LogP contribution in [0, 0.1) is 17.5 Å². The summed E-state index contributed by atoms with van der Waals surface area (Å²) in [5.74, 6) is -2.50. The first-order valence-electron chi connectivity index (χ1n) is 7.54. The van der Waals surface area contributed by atoms with Crippen LogP contribution in [0.4, 0.5) is 13.2 Å². The number of hydrogen-bond acceptors (Lipinski definition) is 3. The van der Waals surface area contributed by atoms with Gasteiger partial charge in [0.1, 0.15) is 35.5 Å². The third-order valence-corrected chi connectivity index (χ3v) is 3.55. The molecule has 4 nitrogen and oxygen atoms in total. The molecule has 1 aromatic heterocycles. The minimum atomic E-state index is -0.758. The van der Waals surface area contributed by atoms with Gasteiger partial charge in [0, 0.05) is 23.1 Å². The maximum absolute atomic E-state index is 13.8. The lowest BCUT2D eigenvalue weighted by atomic mass is 10.2. The average molecular weight is 349 g/mol. The summed E-state index contributed by atoms with van der Waals surface area (Å²) in [5, 5.41) is 0.414. The Morgan fingerprint density at radius 2 is 1.88 bits per heavy atom. The summed E-state index contributed by atoms with van der Waals surface area (Å²) in [6.45, 7) is 1.65. The Labute approximate surface area is 141 Å². The van der Waals surface area contributed by atoms with Gasteiger partial charge in [0.2, 0.25) is 0 Å². The van der Waals surface area contributed by atoms with E-state index in [1.165, 1.54) is 18.2 Å². The van der Waals surface area contributed by atoms with Gasteiger partial charge in [0.25, 0.3) is 0 Å². The van der Waals surface area contributed by atoms with Gasteiger partial charge in [-0.2, -0.15) is 0 Å². The molecule has 3 rings (SSSR count). The van der Waals surface area contributed by atoms with E-state index in [1.807, 2.05) is 0 Å². The second-order valence-electron chi connectivity index (χ2n) is 5.30. The number of halogens is 3. The van der Waals surface area contributed by atoms with E-state index in [4.69, 9.17) is 9.47 Å². The Hall–Kier alpha value is -2.96. The maximum Gasteiger partial charge on any atom is 0.354 e. The molecule has 1 N–H and O–H groups in total. The molecule has 25 heavy (non-hydrogen) atoms. The molecule has 0 radical (unpaired) electrons. The standard InChI is InChI=1S/C18H14F3NO3/c1-2-24-18(23)15-6-11-5-13(20)8-16(17(11)22-15)25-9-10-3-4-12(19)7-14(10)21/h3-8,22H,2,9H2,1H3. The molecule has 0 saturated carbocycles. The van der Waals surface area contributed by atoms with Crippen molar-refractivity contribution in [3.05, 3.63) is 65.1 Å². The van der Waals surface area contributed by atoms with Crippen molar-refractivity contribution in [2.24, 2.45) is 0 Å². The largest absolute Gasteiger partial charge is 0.486 e. The third-order valence-electron chi connectivity index (χ3n) is 3.55. The van der Waals surface area contributed by atoms with E-state index in [-0.39, 0.29) is 30.2 Å². The molecule has 0 fully saturated rings. The van der Waals surface area contributed by atoms with Crippen LogP contribution in [0.3, 0.4) is 0 Å². The molecule has 0 bridgehead atoms. The van der Waals surface area contributed by atoms with E-state index >= 15 is 0 Å². The van der Waals surface area contributed by atoms with Crippen LogP contribution in [-0.2, 0) is 11.3 Å². The highest BCUT2D eigenvalue weighted by atomic mass is 19.1. The van der Waals surface area contributed by atoms with Crippen LogP contribution in [0.15, 0.2) is 36.4 Å². The summed E-state index contributed by atoms with van der Waals surface area (Å²) < 4.78 is 50.8. The number of fused-ring (bicyclic) bond motifs is 1. The topological polar surface area (TPSA) is 51.3 Å². The van der Waals surface area contributed by atoms with Crippen molar-refractivity contribution in [2.45, 2.75) is 13.5 Å². The average Bonchev–Trinajstić information content (AvgIpc) is 2.98. The Balaban J connectivity index is 1.91. The first-order chi connectivity index (χ1) is 12.0. The Morgan fingerprint density at radius 1 is 1.08 bits per heavy atom. The smallest absolute Gasteiger partial charge is 0.354 e. The molecule has 2 aromatic carbocycles. The monoisotopic (exact) mass is 349 g/mol. The number of aromatic nitrogens is 1. The summed E-state index contributed by atoms with van der Waals surface area (Å²) in [7, 11) is 0. The molecule has 7 heteroatoms. The molecular weight excluding hydrogens is 335 g/mol. The van der Waals surface area contributed by atoms with Gasteiger partial charge in [-0.15, -0.1) is 0 Å². The highest BCUT2D eigenvalue weighted by molar-refractivity contribution is 5.96. The molecule has 3 aromatic rings. The van der Waals surface area contributed by atoms with Crippen molar-refractivity contribution in [1.29, 1.82) is 0 Å². The molecular formula is C18H14F3NO3. The second-order valence-corrected chi connectivity index (χ2v) is 5.30. The Bertz CT molecular complexity index is 937. The molecule has 0 unspecified atom stereocenters. The van der Waals surface area contributed by atoms with Gasteiger partial charge in [-0.3, -0.25) is 0 Å². The van der Waals surface area contributed by atoms with Crippen LogP contribution in [0.5, 0.6) is 5.75 Å². The number of H-pyrrole nitrogens is 1. The summed E-state index contributed by atoms with van der Waals surface area (Å²) in [5.41, 5.74) is 0.656. The lowest BCUT2D eigenvalue weighted by Crippen LogP contribution is -2.04. The van der Waals surface area contributed by atoms with Crippen LogP contribution in [0.2, 0.25) is 0 Å². The normalized spacial score (nSPS) is 10.9. The SMILES string of the molecule is CCOC(=O)c1cc2cc(F)cc(OCc3ccc(F)cc3F)c2[nH]1. The van der Waals surface area contributed by atoms with Crippen molar-refractivity contribution < 1.29 is 27.4 Å². The fourth-order valence-corrected chi connectivity index (χ4v) is 2.40. The number of aromatic amines is 1. The number of nitrogens with one attached hydrogen (secondary N) is 1. The van der Waals surface area contributed by atoms with Crippen LogP contribution in [0.1, 0.15) is 23.0 Å². The highest BCUT2D eigenvalue weighted by Crippen LogP contribution is 2.28. The number of benzene rings is 2. The minimum Gasteiger partial charge on any atom is -0.486 e. The zero-order valence-corrected chi connectivity index (χ0v) is 13.2. The van der Waals surface area contributed by atoms with Gasteiger partial charge < -0.3 is 14.5 Å². The lowest BCUT2D eigenvalue weighted by Gasteiger charge is -2.09.